The highest BCUT2D eigenvalue weighted by Gasteiger charge is 2.21. The van der Waals surface area contributed by atoms with E-state index in [9.17, 15) is 14.7 Å². The quantitative estimate of drug-likeness (QED) is 0.553. The van der Waals surface area contributed by atoms with E-state index in [4.69, 9.17) is 9.47 Å². The highest BCUT2D eigenvalue weighted by atomic mass is 16.5. The molecule has 2 aromatic heterocycles. The van der Waals surface area contributed by atoms with Crippen LogP contribution in [0.5, 0.6) is 11.5 Å². The minimum atomic E-state index is -1.23. The van der Waals surface area contributed by atoms with Gasteiger partial charge in [0.15, 0.2) is 17.2 Å². The van der Waals surface area contributed by atoms with Gasteiger partial charge in [-0.05, 0) is 31.5 Å². The van der Waals surface area contributed by atoms with Crippen molar-refractivity contribution in [2.75, 3.05) is 18.5 Å². The molecule has 2 heterocycles. The molecule has 0 bridgehead atoms. The van der Waals surface area contributed by atoms with Gasteiger partial charge >= 0.3 is 5.97 Å². The van der Waals surface area contributed by atoms with Gasteiger partial charge in [-0.15, -0.1) is 0 Å². The number of carboxylic acids is 1. The summed E-state index contributed by atoms with van der Waals surface area (Å²) in [4.78, 5) is 23.8. The van der Waals surface area contributed by atoms with Crippen LogP contribution in [-0.2, 0) is 13.6 Å². The van der Waals surface area contributed by atoms with Crippen LogP contribution >= 0.6 is 0 Å². The highest BCUT2D eigenvalue weighted by Crippen LogP contribution is 2.29. The molecule has 1 amide bonds. The van der Waals surface area contributed by atoms with Gasteiger partial charge < -0.3 is 19.9 Å². The van der Waals surface area contributed by atoms with Crippen molar-refractivity contribution in [2.45, 2.75) is 20.4 Å². The molecule has 0 saturated heterocycles. The molecule has 1 aromatic carbocycles. The van der Waals surface area contributed by atoms with Crippen molar-refractivity contribution >= 4 is 17.6 Å². The van der Waals surface area contributed by atoms with E-state index in [-0.39, 0.29) is 11.3 Å². The molecule has 3 rings (SSSR count). The first-order valence-corrected chi connectivity index (χ1v) is 9.40. The van der Waals surface area contributed by atoms with E-state index in [1.54, 1.807) is 10.9 Å². The monoisotopic (exact) mass is 413 g/mol. The third kappa shape index (κ3) is 4.59. The summed E-state index contributed by atoms with van der Waals surface area (Å²) in [5, 5.41) is 20.0. The summed E-state index contributed by atoms with van der Waals surface area (Å²) >= 11 is 0. The number of carbonyl (C=O) groups excluding carboxylic acids is 1. The Hall–Kier alpha value is -3.82. The molecule has 0 aliphatic carbocycles. The maximum absolute atomic E-state index is 12.4. The fourth-order valence-electron chi connectivity index (χ4n) is 2.95. The Morgan fingerprint density at radius 1 is 1.10 bits per heavy atom. The molecule has 0 saturated carbocycles. The van der Waals surface area contributed by atoms with Gasteiger partial charge in [-0.2, -0.15) is 10.2 Å². The van der Waals surface area contributed by atoms with Gasteiger partial charge in [0.1, 0.15) is 0 Å². The second kappa shape index (κ2) is 9.12. The summed E-state index contributed by atoms with van der Waals surface area (Å²) in [6.07, 6.45) is 4.37. The maximum atomic E-state index is 12.4. The number of benzene rings is 1. The third-order valence-electron chi connectivity index (χ3n) is 4.23. The number of ether oxygens (including phenoxy) is 2. The van der Waals surface area contributed by atoms with Gasteiger partial charge in [-0.3, -0.25) is 14.2 Å². The summed E-state index contributed by atoms with van der Waals surface area (Å²) in [6.45, 7) is 5.34. The lowest BCUT2D eigenvalue weighted by atomic mass is 10.2. The van der Waals surface area contributed by atoms with Crippen LogP contribution in [0.15, 0.2) is 36.8 Å². The number of amides is 1. The largest absolute Gasteiger partial charge is 0.490 e. The summed E-state index contributed by atoms with van der Waals surface area (Å²) in [5.74, 6) is -0.450. The van der Waals surface area contributed by atoms with Crippen LogP contribution < -0.4 is 14.8 Å². The van der Waals surface area contributed by atoms with Crippen LogP contribution in [0, 0.1) is 0 Å². The SMILES string of the molecule is CCOc1ccc(Cn2cc(NC(=O)c3cnn(C)c3C(=O)O)cn2)cc1OCC. The molecule has 10 nitrogen and oxygen atoms in total. The Morgan fingerprint density at radius 2 is 1.83 bits per heavy atom. The van der Waals surface area contributed by atoms with Crippen molar-refractivity contribution in [1.29, 1.82) is 0 Å². The average molecular weight is 413 g/mol. The lowest BCUT2D eigenvalue weighted by Crippen LogP contribution is -2.16. The number of aryl methyl sites for hydroxylation is 1. The topological polar surface area (TPSA) is 121 Å². The molecule has 2 N–H and O–H groups in total. The van der Waals surface area contributed by atoms with E-state index >= 15 is 0 Å². The van der Waals surface area contributed by atoms with Crippen LogP contribution in [-0.4, -0.2) is 49.8 Å². The van der Waals surface area contributed by atoms with Crippen molar-refractivity contribution in [3.8, 4) is 11.5 Å². The number of carboxylic acid groups (broad SMARTS) is 1. The summed E-state index contributed by atoms with van der Waals surface area (Å²) in [7, 11) is 1.46. The molecule has 0 radical (unpaired) electrons. The Balaban J connectivity index is 1.72. The van der Waals surface area contributed by atoms with Crippen molar-refractivity contribution in [1.82, 2.24) is 19.6 Å². The predicted molar refractivity (Wildman–Crippen MR) is 108 cm³/mol. The van der Waals surface area contributed by atoms with Gasteiger partial charge in [-0.1, -0.05) is 6.07 Å². The van der Waals surface area contributed by atoms with E-state index in [2.05, 4.69) is 15.5 Å². The van der Waals surface area contributed by atoms with E-state index in [0.29, 0.717) is 36.9 Å². The fourth-order valence-corrected chi connectivity index (χ4v) is 2.95. The van der Waals surface area contributed by atoms with Gasteiger partial charge in [0.2, 0.25) is 0 Å². The van der Waals surface area contributed by atoms with E-state index < -0.39 is 11.9 Å². The minimum Gasteiger partial charge on any atom is -0.490 e. The molecule has 158 valence electrons. The Kier molecular flexibility index (Phi) is 6.35. The lowest BCUT2D eigenvalue weighted by molar-refractivity contribution is 0.0680. The summed E-state index contributed by atoms with van der Waals surface area (Å²) in [5.41, 5.74) is 1.18. The zero-order valence-electron chi connectivity index (χ0n) is 17.0. The normalized spacial score (nSPS) is 10.6. The van der Waals surface area contributed by atoms with Crippen LogP contribution in [0.1, 0.15) is 40.3 Å². The molecule has 0 aliphatic rings. The number of rotatable bonds is 9. The molecule has 30 heavy (non-hydrogen) atoms. The molecule has 3 aromatic rings. The lowest BCUT2D eigenvalue weighted by Gasteiger charge is -2.12. The minimum absolute atomic E-state index is 0.0226. The zero-order valence-corrected chi connectivity index (χ0v) is 17.0. The number of hydrogen-bond donors (Lipinski definition) is 2. The Bertz CT molecular complexity index is 1060. The van der Waals surface area contributed by atoms with E-state index in [1.807, 2.05) is 32.0 Å². The number of aromatic nitrogens is 4. The van der Waals surface area contributed by atoms with Crippen LogP contribution in [0.2, 0.25) is 0 Å². The predicted octanol–water partition coefficient (Wildman–Crippen LogP) is 2.41. The molecule has 0 fully saturated rings. The van der Waals surface area contributed by atoms with Gasteiger partial charge in [-0.25, -0.2) is 4.79 Å². The van der Waals surface area contributed by atoms with Crippen LogP contribution in [0.25, 0.3) is 0 Å². The molecule has 0 spiro atoms. The molecule has 0 aliphatic heterocycles. The molecular formula is C20H23N5O5. The highest BCUT2D eigenvalue weighted by molar-refractivity contribution is 6.09. The second-order valence-corrected chi connectivity index (χ2v) is 6.36. The van der Waals surface area contributed by atoms with Crippen molar-refractivity contribution < 1.29 is 24.2 Å². The third-order valence-corrected chi connectivity index (χ3v) is 4.23. The van der Waals surface area contributed by atoms with Crippen molar-refractivity contribution in [3.05, 3.63) is 53.6 Å². The summed E-state index contributed by atoms with van der Waals surface area (Å²) < 4.78 is 14.0. The zero-order chi connectivity index (χ0) is 21.7. The first-order valence-electron chi connectivity index (χ1n) is 9.40. The fraction of sp³-hybridized carbons (Fsp3) is 0.300. The van der Waals surface area contributed by atoms with E-state index in [0.717, 1.165) is 10.2 Å². The van der Waals surface area contributed by atoms with E-state index in [1.165, 1.54) is 19.4 Å². The molecule has 0 atom stereocenters. The van der Waals surface area contributed by atoms with Gasteiger partial charge in [0.25, 0.3) is 5.91 Å². The first kappa shape index (κ1) is 20.9. The van der Waals surface area contributed by atoms with Gasteiger partial charge in [0.05, 0.1) is 43.4 Å². The average Bonchev–Trinajstić information content (AvgIpc) is 3.30. The molecule has 0 unspecified atom stereocenters. The number of hydrogen-bond acceptors (Lipinski definition) is 6. The second-order valence-electron chi connectivity index (χ2n) is 6.36. The molecular weight excluding hydrogens is 390 g/mol. The number of anilines is 1. The number of aromatic carboxylic acids is 1. The smallest absolute Gasteiger partial charge is 0.354 e. The van der Waals surface area contributed by atoms with Crippen molar-refractivity contribution in [2.24, 2.45) is 7.05 Å². The summed E-state index contributed by atoms with van der Waals surface area (Å²) in [6, 6.07) is 5.66. The van der Waals surface area contributed by atoms with Gasteiger partial charge in [0, 0.05) is 13.2 Å². The number of nitrogens with one attached hydrogen (secondary N) is 1. The Labute approximate surface area is 173 Å². The Morgan fingerprint density at radius 3 is 2.53 bits per heavy atom. The number of nitrogens with zero attached hydrogens (tertiary/aromatic N) is 4. The van der Waals surface area contributed by atoms with Crippen molar-refractivity contribution in [3.63, 3.8) is 0 Å². The number of carbonyl (C=O) groups is 2. The standard InChI is InChI=1S/C20H23N5O5/c1-4-29-16-7-6-13(8-17(16)30-5-2)11-25-12-14(9-22-25)23-19(26)15-10-21-24(3)18(15)20(27)28/h6-10,12H,4-5,11H2,1-3H3,(H,23,26)(H,27,28). The maximum Gasteiger partial charge on any atom is 0.354 e. The van der Waals surface area contributed by atoms with Crippen LogP contribution in [0.4, 0.5) is 5.69 Å². The molecule has 10 heteroatoms. The van der Waals surface area contributed by atoms with Crippen LogP contribution in [0.3, 0.4) is 0 Å². The first-order chi connectivity index (χ1) is 14.4.